The third-order valence-corrected chi connectivity index (χ3v) is 6.05. The van der Waals surface area contributed by atoms with Crippen LogP contribution in [-0.4, -0.2) is 29.1 Å². The number of pyridine rings is 1. The topological polar surface area (TPSA) is 48.4 Å². The number of benzene rings is 1. The summed E-state index contributed by atoms with van der Waals surface area (Å²) < 4.78 is 12.2. The summed E-state index contributed by atoms with van der Waals surface area (Å²) in [5, 5.41) is 1.05. The van der Waals surface area contributed by atoms with Crippen LogP contribution >= 0.6 is 0 Å². The third kappa shape index (κ3) is 4.64. The molecule has 1 atom stereocenters. The standard InChI is InChI=1S/C27H33NO3/c1-8-10-17(3)23(18(4)26(19(5)29)31-27(6,7)9-2)21-11-12-22-24-20(14-16-30-22)13-15-28-25(21)24/h8,10-13,15,26H,1,9,14,16H2,2-7H3/b17-10+,23-18-. The molecule has 1 aliphatic heterocycles. The molecule has 164 valence electrons. The number of carbonyl (C=O) groups excluding carboxylic acids is 1. The van der Waals surface area contributed by atoms with E-state index in [-0.39, 0.29) is 5.78 Å². The Morgan fingerprint density at radius 1 is 1.29 bits per heavy atom. The van der Waals surface area contributed by atoms with Crippen LogP contribution in [0.4, 0.5) is 0 Å². The lowest BCUT2D eigenvalue weighted by Crippen LogP contribution is -2.35. The van der Waals surface area contributed by atoms with Crippen LogP contribution in [-0.2, 0) is 16.0 Å². The van der Waals surface area contributed by atoms with Crippen LogP contribution in [0.2, 0.25) is 0 Å². The largest absolute Gasteiger partial charge is 0.493 e. The number of rotatable bonds is 8. The highest BCUT2D eigenvalue weighted by Gasteiger charge is 2.29. The van der Waals surface area contributed by atoms with Gasteiger partial charge in [0.25, 0.3) is 0 Å². The number of nitrogens with zero attached hydrogens (tertiary/aromatic N) is 1. The summed E-state index contributed by atoms with van der Waals surface area (Å²) in [6, 6.07) is 6.11. The Balaban J connectivity index is 2.30. The molecule has 2 aromatic rings. The average Bonchev–Trinajstić information content (AvgIpc) is 2.74. The lowest BCUT2D eigenvalue weighted by atomic mass is 9.87. The maximum Gasteiger partial charge on any atom is 0.162 e. The second-order valence-corrected chi connectivity index (χ2v) is 8.77. The highest BCUT2D eigenvalue weighted by molar-refractivity contribution is 6.01. The lowest BCUT2D eigenvalue weighted by Gasteiger charge is -2.31. The van der Waals surface area contributed by atoms with Gasteiger partial charge in [-0.15, -0.1) is 0 Å². The van der Waals surface area contributed by atoms with Crippen LogP contribution in [0.1, 0.15) is 59.1 Å². The van der Waals surface area contributed by atoms with Crippen LogP contribution in [0.25, 0.3) is 16.5 Å². The zero-order valence-electron chi connectivity index (χ0n) is 19.5. The van der Waals surface area contributed by atoms with Gasteiger partial charge < -0.3 is 9.47 Å². The van der Waals surface area contributed by atoms with E-state index in [2.05, 4.69) is 19.6 Å². The summed E-state index contributed by atoms with van der Waals surface area (Å²) in [6.45, 7) is 16.3. The predicted molar refractivity (Wildman–Crippen MR) is 127 cm³/mol. The first kappa shape index (κ1) is 23.0. The van der Waals surface area contributed by atoms with Gasteiger partial charge in [0.2, 0.25) is 0 Å². The van der Waals surface area contributed by atoms with Gasteiger partial charge >= 0.3 is 0 Å². The Morgan fingerprint density at radius 2 is 2.03 bits per heavy atom. The summed E-state index contributed by atoms with van der Waals surface area (Å²) in [6.07, 6.45) is 6.62. The van der Waals surface area contributed by atoms with Gasteiger partial charge in [0.05, 0.1) is 17.7 Å². The molecule has 0 saturated carbocycles. The van der Waals surface area contributed by atoms with Gasteiger partial charge in [-0.2, -0.15) is 0 Å². The monoisotopic (exact) mass is 419 g/mol. The summed E-state index contributed by atoms with van der Waals surface area (Å²) in [7, 11) is 0. The van der Waals surface area contributed by atoms with E-state index in [1.54, 1.807) is 13.0 Å². The number of carbonyl (C=O) groups is 1. The van der Waals surface area contributed by atoms with E-state index in [1.165, 1.54) is 5.56 Å². The third-order valence-electron chi connectivity index (χ3n) is 6.05. The van der Waals surface area contributed by atoms with Gasteiger partial charge in [-0.25, -0.2) is 0 Å². The van der Waals surface area contributed by atoms with Crippen molar-refractivity contribution in [1.29, 1.82) is 0 Å². The van der Waals surface area contributed by atoms with Crippen molar-refractivity contribution in [2.75, 3.05) is 6.61 Å². The molecular formula is C27H33NO3. The predicted octanol–water partition coefficient (Wildman–Crippen LogP) is 6.24. The summed E-state index contributed by atoms with van der Waals surface area (Å²) in [4.78, 5) is 17.4. The van der Waals surface area contributed by atoms with Crippen molar-refractivity contribution in [3.8, 4) is 5.75 Å². The second-order valence-electron chi connectivity index (χ2n) is 8.77. The Hall–Kier alpha value is -2.72. The van der Waals surface area contributed by atoms with Crippen LogP contribution in [0.5, 0.6) is 5.75 Å². The molecule has 0 N–H and O–H groups in total. The molecule has 0 aliphatic carbocycles. The molecule has 3 rings (SSSR count). The maximum atomic E-state index is 12.7. The summed E-state index contributed by atoms with van der Waals surface area (Å²) in [5.41, 5.74) is 5.54. The molecule has 2 heterocycles. The fraction of sp³-hybridized carbons (Fsp3) is 0.407. The van der Waals surface area contributed by atoms with Crippen LogP contribution in [0, 0.1) is 0 Å². The number of hydrogen-bond acceptors (Lipinski definition) is 4. The van der Waals surface area contributed by atoms with Crippen molar-refractivity contribution < 1.29 is 14.3 Å². The van der Waals surface area contributed by atoms with E-state index < -0.39 is 11.7 Å². The zero-order chi connectivity index (χ0) is 22.8. The molecule has 4 heteroatoms. The van der Waals surface area contributed by atoms with Gasteiger partial charge in [-0.1, -0.05) is 25.7 Å². The Labute approximate surface area is 185 Å². The highest BCUT2D eigenvalue weighted by Crippen LogP contribution is 2.40. The van der Waals surface area contributed by atoms with E-state index in [4.69, 9.17) is 14.5 Å². The number of Topliss-reactive ketones (excluding diaryl/α,β-unsaturated/α-hetero) is 1. The molecule has 0 fully saturated rings. The van der Waals surface area contributed by atoms with Gasteiger partial charge in [0, 0.05) is 23.6 Å². The van der Waals surface area contributed by atoms with Crippen molar-refractivity contribution in [1.82, 2.24) is 4.98 Å². The number of aromatic nitrogens is 1. The minimum Gasteiger partial charge on any atom is -0.493 e. The van der Waals surface area contributed by atoms with Crippen molar-refractivity contribution in [2.45, 2.75) is 66.1 Å². The van der Waals surface area contributed by atoms with E-state index in [1.807, 2.05) is 52.1 Å². The number of allylic oxidation sites excluding steroid dienone is 4. The molecule has 1 aliphatic rings. The molecule has 1 aromatic carbocycles. The fourth-order valence-electron chi connectivity index (χ4n) is 4.11. The van der Waals surface area contributed by atoms with E-state index >= 15 is 0 Å². The van der Waals surface area contributed by atoms with Gasteiger partial charge in [-0.05, 0) is 81.5 Å². The Morgan fingerprint density at radius 3 is 2.68 bits per heavy atom. The molecule has 0 spiro atoms. The quantitative estimate of drug-likeness (QED) is 0.475. The molecule has 4 nitrogen and oxygen atoms in total. The first-order chi connectivity index (χ1) is 14.7. The molecule has 0 radical (unpaired) electrons. The smallest absolute Gasteiger partial charge is 0.162 e. The summed E-state index contributed by atoms with van der Waals surface area (Å²) in [5.74, 6) is 0.851. The van der Waals surface area contributed by atoms with Crippen LogP contribution in [0.3, 0.4) is 0 Å². The first-order valence-corrected chi connectivity index (χ1v) is 10.9. The van der Waals surface area contributed by atoms with Crippen LogP contribution < -0.4 is 4.74 Å². The highest BCUT2D eigenvalue weighted by atomic mass is 16.5. The maximum absolute atomic E-state index is 12.7. The Bertz CT molecular complexity index is 1070. The average molecular weight is 420 g/mol. The number of hydrogen-bond donors (Lipinski definition) is 0. The lowest BCUT2D eigenvalue weighted by molar-refractivity contribution is -0.135. The minimum atomic E-state index is -0.639. The minimum absolute atomic E-state index is 0.0121. The van der Waals surface area contributed by atoms with Gasteiger partial charge in [0.15, 0.2) is 5.78 Å². The molecule has 1 aromatic heterocycles. The number of ketones is 1. The SMILES string of the molecule is C=C/C=C(C)/C(=C(\C)C(OC(C)(C)CC)C(C)=O)c1ccc2c3c(ccnc13)CCO2. The molecular weight excluding hydrogens is 386 g/mol. The molecule has 0 amide bonds. The second kappa shape index (κ2) is 9.19. The van der Waals surface area contributed by atoms with E-state index in [9.17, 15) is 4.79 Å². The van der Waals surface area contributed by atoms with Crippen molar-refractivity contribution in [3.05, 3.63) is 65.4 Å². The zero-order valence-corrected chi connectivity index (χ0v) is 19.5. The van der Waals surface area contributed by atoms with E-state index in [0.717, 1.165) is 51.8 Å². The summed E-state index contributed by atoms with van der Waals surface area (Å²) >= 11 is 0. The van der Waals surface area contributed by atoms with Gasteiger partial charge in [0.1, 0.15) is 11.9 Å². The van der Waals surface area contributed by atoms with Crippen molar-refractivity contribution in [3.63, 3.8) is 0 Å². The molecule has 31 heavy (non-hydrogen) atoms. The fourth-order valence-corrected chi connectivity index (χ4v) is 4.11. The molecule has 0 saturated heterocycles. The number of ether oxygens (including phenoxy) is 2. The molecule has 1 unspecified atom stereocenters. The normalized spacial score (nSPS) is 15.9. The first-order valence-electron chi connectivity index (χ1n) is 10.9. The Kier molecular flexibility index (Phi) is 6.80. The van der Waals surface area contributed by atoms with E-state index in [0.29, 0.717) is 6.61 Å². The van der Waals surface area contributed by atoms with Crippen molar-refractivity contribution >= 4 is 22.3 Å². The van der Waals surface area contributed by atoms with Gasteiger partial charge in [-0.3, -0.25) is 9.78 Å². The van der Waals surface area contributed by atoms with Crippen LogP contribution in [0.15, 0.2) is 54.3 Å². The molecule has 0 bridgehead atoms. The van der Waals surface area contributed by atoms with Crippen molar-refractivity contribution in [2.24, 2.45) is 0 Å².